The van der Waals surface area contributed by atoms with E-state index in [1.807, 2.05) is 53.1 Å². The number of amides is 2. The van der Waals surface area contributed by atoms with Crippen LogP contribution >= 0.6 is 0 Å². The molecule has 3 aliphatic rings. The number of aliphatic hydroxyl groups is 1. The van der Waals surface area contributed by atoms with Crippen LogP contribution in [0.4, 0.5) is 18.9 Å². The van der Waals surface area contributed by atoms with Gasteiger partial charge in [0.15, 0.2) is 6.29 Å². The lowest BCUT2D eigenvalue weighted by atomic mass is 9.98. The summed E-state index contributed by atoms with van der Waals surface area (Å²) in [5.41, 5.74) is 4.45. The molecule has 14 heteroatoms. The number of hydrogen-bond donors (Lipinski definition) is 3. The van der Waals surface area contributed by atoms with Crippen molar-refractivity contribution < 1.29 is 37.3 Å². The minimum absolute atomic E-state index is 0.0684. The first-order valence-corrected chi connectivity index (χ1v) is 17.3. The topological polar surface area (TPSA) is 129 Å². The van der Waals surface area contributed by atoms with Crippen LogP contribution in [0.3, 0.4) is 0 Å². The van der Waals surface area contributed by atoms with Gasteiger partial charge < -0.3 is 34.7 Å². The number of fused-ring (bicyclic) bond motifs is 1. The Hall–Kier alpha value is -4.50. The normalized spacial score (nSPS) is 23.5. The van der Waals surface area contributed by atoms with E-state index in [0.29, 0.717) is 35.5 Å². The molecule has 270 valence electrons. The number of carbonyl (C=O) groups excluding carboxylic acids is 2. The number of carbonyl (C=O) groups is 2. The van der Waals surface area contributed by atoms with Crippen LogP contribution in [0.1, 0.15) is 67.2 Å². The van der Waals surface area contributed by atoms with Crippen LogP contribution in [-0.4, -0.2) is 80.8 Å². The average molecular weight is 708 g/mol. The predicted octanol–water partition coefficient (Wildman–Crippen LogP) is 5.20. The molecular weight excluding hydrogens is 667 g/mol. The van der Waals surface area contributed by atoms with Gasteiger partial charge in [-0.2, -0.15) is 13.2 Å². The summed E-state index contributed by atoms with van der Waals surface area (Å²) in [5.74, 6) is -2.68. The largest absolute Gasteiger partial charge is 0.471 e. The second-order valence-electron chi connectivity index (χ2n) is 13.5. The highest BCUT2D eigenvalue weighted by molar-refractivity contribution is 5.98. The first-order valence-electron chi connectivity index (χ1n) is 17.3. The number of H-pyrrole nitrogens is 1. The molecule has 3 fully saturated rings. The molecule has 11 nitrogen and oxygen atoms in total. The molecule has 4 heterocycles. The van der Waals surface area contributed by atoms with Crippen molar-refractivity contribution in [2.24, 2.45) is 0 Å². The molecule has 0 spiro atoms. The summed E-state index contributed by atoms with van der Waals surface area (Å²) in [7, 11) is 0. The highest BCUT2D eigenvalue weighted by Crippen LogP contribution is 2.39. The molecule has 0 bridgehead atoms. The van der Waals surface area contributed by atoms with Crippen LogP contribution in [-0.2, 0) is 25.7 Å². The maximum Gasteiger partial charge on any atom is 0.471 e. The second kappa shape index (κ2) is 14.6. The van der Waals surface area contributed by atoms with Crippen molar-refractivity contribution in [2.75, 3.05) is 31.5 Å². The minimum Gasteiger partial charge on any atom is -0.392 e. The number of aromatic nitrogens is 2. The Labute approximate surface area is 291 Å². The van der Waals surface area contributed by atoms with E-state index in [2.05, 4.69) is 15.2 Å². The van der Waals surface area contributed by atoms with Gasteiger partial charge in [0.1, 0.15) is 6.04 Å². The Kier molecular flexibility index (Phi) is 10.0. The molecule has 7 rings (SSSR count). The van der Waals surface area contributed by atoms with Crippen LogP contribution < -0.4 is 11.0 Å². The van der Waals surface area contributed by atoms with E-state index in [9.17, 15) is 32.7 Å². The lowest BCUT2D eigenvalue weighted by molar-refractivity contribution is -0.253. The molecule has 0 saturated carbocycles. The monoisotopic (exact) mass is 707 g/mol. The average Bonchev–Trinajstić information content (AvgIpc) is 3.76. The van der Waals surface area contributed by atoms with Crippen molar-refractivity contribution >= 4 is 28.5 Å². The van der Waals surface area contributed by atoms with E-state index in [0.717, 1.165) is 48.1 Å². The summed E-state index contributed by atoms with van der Waals surface area (Å²) < 4.78 is 54.1. The van der Waals surface area contributed by atoms with E-state index in [-0.39, 0.29) is 43.5 Å². The van der Waals surface area contributed by atoms with Crippen LogP contribution in [0.15, 0.2) is 77.6 Å². The minimum atomic E-state index is -5.05. The molecule has 0 radical (unpaired) electrons. The van der Waals surface area contributed by atoms with Crippen LogP contribution in [0.25, 0.3) is 11.0 Å². The summed E-state index contributed by atoms with van der Waals surface area (Å²) in [4.78, 5) is 43.5. The number of ether oxygens (including phenoxy) is 2. The summed E-state index contributed by atoms with van der Waals surface area (Å²) in [6, 6.07) is 21.0. The molecular formula is C37H40F3N5O6. The summed E-state index contributed by atoms with van der Waals surface area (Å²) in [6.07, 6.45) is -3.60. The van der Waals surface area contributed by atoms with Gasteiger partial charge in [-0.1, -0.05) is 48.5 Å². The highest BCUT2D eigenvalue weighted by Gasteiger charge is 2.47. The molecule has 4 atom stereocenters. The van der Waals surface area contributed by atoms with E-state index < -0.39 is 30.3 Å². The zero-order valence-corrected chi connectivity index (χ0v) is 27.9. The van der Waals surface area contributed by atoms with Crippen molar-refractivity contribution in [3.8, 4) is 0 Å². The van der Waals surface area contributed by atoms with Crippen molar-refractivity contribution in [3.05, 3.63) is 100.0 Å². The molecule has 3 aromatic carbocycles. The maximum absolute atomic E-state index is 13.1. The fourth-order valence-corrected chi connectivity index (χ4v) is 7.51. The zero-order chi connectivity index (χ0) is 35.7. The van der Waals surface area contributed by atoms with Gasteiger partial charge in [-0.15, -0.1) is 0 Å². The maximum atomic E-state index is 13.1. The Bertz CT molecular complexity index is 1900. The van der Waals surface area contributed by atoms with Crippen LogP contribution in [0.2, 0.25) is 0 Å². The van der Waals surface area contributed by atoms with Crippen LogP contribution in [0.5, 0.6) is 0 Å². The molecule has 2 amide bonds. The van der Waals surface area contributed by atoms with E-state index >= 15 is 0 Å². The van der Waals surface area contributed by atoms with Gasteiger partial charge in [0.25, 0.3) is 0 Å². The SMILES string of the molecule is O=C(Nc1ccc([C@@H]2O[C@H](CN3CCC(n4c(=O)[nH]c5ccccc54)CC3)C[C@H](c3ccc(CO)cc3)O2)cc1)[C@@H]1CCCN1C(=O)C(F)(F)F. The number of alkyl halides is 3. The molecule has 4 aromatic rings. The first kappa shape index (κ1) is 34.9. The van der Waals surface area contributed by atoms with Gasteiger partial charge in [0, 0.05) is 49.9 Å². The third-order valence-corrected chi connectivity index (χ3v) is 10.1. The fourth-order valence-electron chi connectivity index (χ4n) is 7.51. The predicted molar refractivity (Wildman–Crippen MR) is 182 cm³/mol. The number of nitrogens with zero attached hydrogens (tertiary/aromatic N) is 3. The molecule has 3 aliphatic heterocycles. The number of aliphatic hydroxyl groups excluding tert-OH is 1. The standard InChI is InChI=1S/C37H40F3N5O6/c38-37(39,40)35(48)44-17-3-6-31(44)33(47)41-26-13-11-25(12-14-26)34-50-28(20-32(51-34)24-9-7-23(22-46)8-10-24)21-43-18-15-27(16-19-43)45-30-5-2-1-4-29(30)42-36(45)49/h1-2,4-5,7-14,27-28,31-32,34,46H,3,6,15-22H2,(H,41,47)(H,42,49)/t28-,31-,32+,34+/m0/s1. The number of nitrogens with one attached hydrogen (secondary N) is 2. The highest BCUT2D eigenvalue weighted by atomic mass is 19.4. The van der Waals surface area contributed by atoms with Crippen molar-refractivity contribution in [1.29, 1.82) is 0 Å². The quantitative estimate of drug-likeness (QED) is 0.230. The smallest absolute Gasteiger partial charge is 0.392 e. The zero-order valence-electron chi connectivity index (χ0n) is 27.9. The number of para-hydroxylation sites is 2. The van der Waals surface area contributed by atoms with E-state index in [4.69, 9.17) is 9.47 Å². The van der Waals surface area contributed by atoms with Gasteiger partial charge in [-0.25, -0.2) is 4.79 Å². The van der Waals surface area contributed by atoms with Crippen LogP contribution in [0, 0.1) is 0 Å². The Morgan fingerprint density at radius 2 is 1.61 bits per heavy atom. The van der Waals surface area contributed by atoms with Gasteiger partial charge in [-0.3, -0.25) is 14.2 Å². The third kappa shape index (κ3) is 7.59. The first-order chi connectivity index (χ1) is 24.6. The summed E-state index contributed by atoms with van der Waals surface area (Å²) in [5, 5.41) is 12.2. The van der Waals surface area contributed by atoms with Gasteiger partial charge >= 0.3 is 17.8 Å². The van der Waals surface area contributed by atoms with Gasteiger partial charge in [0.2, 0.25) is 5.91 Å². The lowest BCUT2D eigenvalue weighted by Crippen LogP contribution is -2.48. The van der Waals surface area contributed by atoms with Crippen molar-refractivity contribution in [1.82, 2.24) is 19.4 Å². The van der Waals surface area contributed by atoms with Gasteiger partial charge in [0.05, 0.1) is 29.8 Å². The number of imidazole rings is 1. The Morgan fingerprint density at radius 3 is 2.31 bits per heavy atom. The van der Waals surface area contributed by atoms with Crippen molar-refractivity contribution in [2.45, 2.75) is 75.5 Å². The Balaban J connectivity index is 1.03. The second-order valence-corrected chi connectivity index (χ2v) is 13.5. The Morgan fingerprint density at radius 1 is 0.902 bits per heavy atom. The number of halogens is 3. The number of piperidine rings is 1. The molecule has 0 aliphatic carbocycles. The number of likely N-dealkylation sites (tertiary alicyclic amines) is 2. The molecule has 51 heavy (non-hydrogen) atoms. The molecule has 3 N–H and O–H groups in total. The number of rotatable bonds is 8. The number of benzene rings is 3. The van der Waals surface area contributed by atoms with Gasteiger partial charge in [-0.05, 0) is 61.1 Å². The summed E-state index contributed by atoms with van der Waals surface area (Å²) in [6.45, 7) is 2.04. The third-order valence-electron chi connectivity index (χ3n) is 10.1. The molecule has 3 saturated heterocycles. The van der Waals surface area contributed by atoms with E-state index in [1.54, 1.807) is 24.3 Å². The summed E-state index contributed by atoms with van der Waals surface area (Å²) >= 11 is 0. The number of anilines is 1. The van der Waals surface area contributed by atoms with E-state index in [1.165, 1.54) is 0 Å². The molecule has 0 unspecified atom stereocenters. The number of aromatic amines is 1. The lowest BCUT2D eigenvalue weighted by Gasteiger charge is -2.40. The van der Waals surface area contributed by atoms with Crippen molar-refractivity contribution in [3.63, 3.8) is 0 Å². The fraction of sp³-hybridized carbons (Fsp3) is 0.432. The molecule has 1 aromatic heterocycles. The number of hydrogen-bond acceptors (Lipinski definition) is 7.